The van der Waals surface area contributed by atoms with E-state index in [1.54, 1.807) is 0 Å². The Kier molecular flexibility index (Phi) is 12.2. The van der Waals surface area contributed by atoms with Gasteiger partial charge in [-0.1, -0.05) is 81.4 Å². The summed E-state index contributed by atoms with van der Waals surface area (Å²) in [6, 6.07) is 19.1. The molecule has 0 aromatic heterocycles. The van der Waals surface area contributed by atoms with Gasteiger partial charge in [-0.25, -0.2) is 4.79 Å². The molecule has 0 aliphatic rings. The number of amides is 2. The topological polar surface area (TPSA) is 137 Å². The van der Waals surface area contributed by atoms with Gasteiger partial charge in [-0.15, -0.1) is 0 Å². The Bertz CT molecular complexity index is 949. The third kappa shape index (κ3) is 10.2. The number of aliphatic hydroxyl groups excluding tert-OH is 1. The van der Waals surface area contributed by atoms with Gasteiger partial charge in [-0.05, 0) is 36.3 Å². The predicted octanol–water partition coefficient (Wildman–Crippen LogP) is 3.72. The molecule has 0 heterocycles. The third-order valence-electron chi connectivity index (χ3n) is 6.41. The lowest BCUT2D eigenvalue weighted by atomic mass is 9.78. The maximum atomic E-state index is 12.8. The van der Waals surface area contributed by atoms with E-state index in [4.69, 9.17) is 20.9 Å². The van der Waals surface area contributed by atoms with Gasteiger partial charge in [0.25, 0.3) is 0 Å². The zero-order chi connectivity index (χ0) is 27.4. The van der Waals surface area contributed by atoms with Crippen LogP contribution < -0.4 is 16.8 Å². The monoisotopic (exact) mass is 513 g/mol. The maximum absolute atomic E-state index is 12.8. The highest BCUT2D eigenvalue weighted by Crippen LogP contribution is 2.29. The standard InChI is InChI=1S/C29H43N3O5/c1-20(17-24(31)22-13-9-6-10-14-22)36-26(19-30)25(18-21-11-7-5-8-12-21)37-28(35)32-27(34)23(15-16-33)29(2,3)4/h5-14,20,23-26,33H,15-19,30-31H2,1-4H3,(H,32,34,35). The number of hydrogen-bond donors (Lipinski definition) is 4. The van der Waals surface area contributed by atoms with Crippen molar-refractivity contribution in [1.29, 1.82) is 0 Å². The number of imide groups is 1. The molecule has 2 rings (SSSR count). The average molecular weight is 514 g/mol. The van der Waals surface area contributed by atoms with Crippen LogP contribution in [0.3, 0.4) is 0 Å². The van der Waals surface area contributed by atoms with Crippen LogP contribution in [0, 0.1) is 11.3 Å². The molecule has 6 N–H and O–H groups in total. The van der Waals surface area contributed by atoms with E-state index in [1.807, 2.05) is 88.4 Å². The number of ether oxygens (including phenoxy) is 2. The Hall–Kier alpha value is -2.78. The van der Waals surface area contributed by atoms with Crippen LogP contribution in [0.4, 0.5) is 4.79 Å². The molecule has 2 aromatic carbocycles. The van der Waals surface area contributed by atoms with Crippen molar-refractivity contribution in [2.24, 2.45) is 22.8 Å². The Morgan fingerprint density at radius 2 is 1.59 bits per heavy atom. The van der Waals surface area contributed by atoms with Gasteiger partial charge in [0.1, 0.15) is 12.2 Å². The van der Waals surface area contributed by atoms with Gasteiger partial charge in [-0.3, -0.25) is 10.1 Å². The smallest absolute Gasteiger partial charge is 0.414 e. The van der Waals surface area contributed by atoms with Crippen LogP contribution in [0.2, 0.25) is 0 Å². The number of rotatable bonds is 13. The van der Waals surface area contributed by atoms with Gasteiger partial charge in [0.15, 0.2) is 0 Å². The van der Waals surface area contributed by atoms with E-state index in [1.165, 1.54) is 0 Å². The second kappa shape index (κ2) is 14.8. The lowest BCUT2D eigenvalue weighted by molar-refractivity contribution is -0.129. The normalized spacial score (nSPS) is 15.8. The van der Waals surface area contributed by atoms with Crippen LogP contribution in [-0.4, -0.2) is 48.6 Å². The fraction of sp³-hybridized carbons (Fsp3) is 0.517. The van der Waals surface area contributed by atoms with Crippen molar-refractivity contribution < 1.29 is 24.2 Å². The molecule has 0 aliphatic carbocycles. The summed E-state index contributed by atoms with van der Waals surface area (Å²) in [5.41, 5.74) is 14.0. The van der Waals surface area contributed by atoms with Crippen LogP contribution in [0.25, 0.3) is 0 Å². The fourth-order valence-electron chi connectivity index (χ4n) is 4.38. The Balaban J connectivity index is 2.12. The van der Waals surface area contributed by atoms with Gasteiger partial charge < -0.3 is 26.0 Å². The zero-order valence-electron chi connectivity index (χ0n) is 22.4. The average Bonchev–Trinajstić information content (AvgIpc) is 2.85. The number of alkyl carbamates (subject to hydrolysis) is 1. The van der Waals surface area contributed by atoms with E-state index in [9.17, 15) is 14.7 Å². The predicted molar refractivity (Wildman–Crippen MR) is 145 cm³/mol. The molecule has 0 saturated heterocycles. The summed E-state index contributed by atoms with van der Waals surface area (Å²) in [4.78, 5) is 25.6. The molecule has 8 nitrogen and oxygen atoms in total. The number of carbonyl (C=O) groups excluding carboxylic acids is 2. The third-order valence-corrected chi connectivity index (χ3v) is 6.41. The first kappa shape index (κ1) is 30.4. The van der Waals surface area contributed by atoms with E-state index in [-0.39, 0.29) is 31.7 Å². The van der Waals surface area contributed by atoms with Crippen molar-refractivity contribution in [3.63, 3.8) is 0 Å². The summed E-state index contributed by atoms with van der Waals surface area (Å²) in [6.07, 6.45) is -1.32. The van der Waals surface area contributed by atoms with E-state index in [0.717, 1.165) is 11.1 Å². The number of nitrogens with one attached hydrogen (secondary N) is 1. The van der Waals surface area contributed by atoms with E-state index >= 15 is 0 Å². The van der Waals surface area contributed by atoms with Crippen molar-refractivity contribution in [1.82, 2.24) is 5.32 Å². The maximum Gasteiger partial charge on any atom is 0.414 e. The number of aliphatic hydroxyl groups is 1. The van der Waals surface area contributed by atoms with Gasteiger partial charge in [-0.2, -0.15) is 0 Å². The quantitative estimate of drug-likeness (QED) is 0.320. The van der Waals surface area contributed by atoms with Crippen LogP contribution >= 0.6 is 0 Å². The molecule has 204 valence electrons. The molecule has 37 heavy (non-hydrogen) atoms. The van der Waals surface area contributed by atoms with Gasteiger partial charge in [0, 0.05) is 31.5 Å². The second-order valence-electron chi connectivity index (χ2n) is 10.5. The minimum absolute atomic E-state index is 0.110. The molecule has 0 aliphatic heterocycles. The minimum Gasteiger partial charge on any atom is -0.443 e. The van der Waals surface area contributed by atoms with Crippen molar-refractivity contribution in [3.05, 3.63) is 71.8 Å². The van der Waals surface area contributed by atoms with Crippen molar-refractivity contribution in [3.8, 4) is 0 Å². The zero-order valence-corrected chi connectivity index (χ0v) is 22.4. The first-order valence-corrected chi connectivity index (χ1v) is 12.9. The lowest BCUT2D eigenvalue weighted by Crippen LogP contribution is -2.47. The van der Waals surface area contributed by atoms with E-state index < -0.39 is 35.5 Å². The van der Waals surface area contributed by atoms with Gasteiger partial charge in [0.2, 0.25) is 5.91 Å². The summed E-state index contributed by atoms with van der Waals surface area (Å²) in [5, 5.41) is 11.7. The molecular formula is C29H43N3O5. The molecule has 0 bridgehead atoms. The molecule has 0 fully saturated rings. The highest BCUT2D eigenvalue weighted by atomic mass is 16.6. The molecule has 2 amide bonds. The van der Waals surface area contributed by atoms with Crippen molar-refractivity contribution >= 4 is 12.0 Å². The Morgan fingerprint density at radius 1 is 1.00 bits per heavy atom. The lowest BCUT2D eigenvalue weighted by Gasteiger charge is -2.31. The Morgan fingerprint density at radius 3 is 2.14 bits per heavy atom. The number of carbonyl (C=O) groups is 2. The van der Waals surface area contributed by atoms with Crippen molar-refractivity contribution in [2.45, 2.75) is 71.3 Å². The molecule has 8 heteroatoms. The van der Waals surface area contributed by atoms with E-state index in [2.05, 4.69) is 5.32 Å². The highest BCUT2D eigenvalue weighted by molar-refractivity contribution is 5.93. The largest absolute Gasteiger partial charge is 0.443 e. The molecule has 0 radical (unpaired) electrons. The summed E-state index contributed by atoms with van der Waals surface area (Å²) < 4.78 is 12.0. The van der Waals surface area contributed by atoms with Crippen LogP contribution in [0.15, 0.2) is 60.7 Å². The number of hydrogen-bond acceptors (Lipinski definition) is 7. The van der Waals surface area contributed by atoms with Crippen LogP contribution in [0.1, 0.15) is 57.7 Å². The summed E-state index contributed by atoms with van der Waals surface area (Å²) in [7, 11) is 0. The number of nitrogens with two attached hydrogens (primary N) is 2. The van der Waals surface area contributed by atoms with Gasteiger partial charge in [0.05, 0.1) is 6.10 Å². The molecular weight excluding hydrogens is 470 g/mol. The first-order chi connectivity index (χ1) is 17.5. The second-order valence-corrected chi connectivity index (χ2v) is 10.5. The Labute approximate surface area is 220 Å². The molecule has 0 saturated carbocycles. The summed E-state index contributed by atoms with van der Waals surface area (Å²) in [6.45, 7) is 7.52. The first-order valence-electron chi connectivity index (χ1n) is 12.9. The summed E-state index contributed by atoms with van der Waals surface area (Å²) >= 11 is 0. The van der Waals surface area contributed by atoms with E-state index in [0.29, 0.717) is 12.8 Å². The van der Waals surface area contributed by atoms with Crippen LogP contribution in [-0.2, 0) is 20.7 Å². The number of benzene rings is 2. The van der Waals surface area contributed by atoms with Crippen molar-refractivity contribution in [2.75, 3.05) is 13.2 Å². The molecule has 2 aromatic rings. The summed E-state index contributed by atoms with van der Waals surface area (Å²) in [5.74, 6) is -1.05. The van der Waals surface area contributed by atoms with Crippen LogP contribution in [0.5, 0.6) is 0 Å². The minimum atomic E-state index is -0.867. The van der Waals surface area contributed by atoms with Gasteiger partial charge >= 0.3 is 6.09 Å². The molecule has 0 spiro atoms. The fourth-order valence-corrected chi connectivity index (χ4v) is 4.38. The SMILES string of the molecule is CC(CC(N)c1ccccc1)OC(CN)C(Cc1ccccc1)OC(=O)NC(=O)C(CCO)C(C)(C)C. The molecule has 5 unspecified atom stereocenters. The molecule has 5 atom stereocenters. The highest BCUT2D eigenvalue weighted by Gasteiger charge is 2.33.